The van der Waals surface area contributed by atoms with Gasteiger partial charge in [0.05, 0.1) is 12.6 Å². The predicted molar refractivity (Wildman–Crippen MR) is 73.2 cm³/mol. The molecule has 1 amide bonds. The van der Waals surface area contributed by atoms with Crippen LogP contribution in [-0.4, -0.2) is 39.5 Å². The maximum atomic E-state index is 12.2. The molecule has 0 unspecified atom stereocenters. The fourth-order valence-corrected chi connectivity index (χ4v) is 2.48. The smallest absolute Gasteiger partial charge is 0.240 e. The van der Waals surface area contributed by atoms with Gasteiger partial charge in [0.15, 0.2) is 0 Å². The van der Waals surface area contributed by atoms with Crippen LogP contribution < -0.4 is 5.32 Å². The van der Waals surface area contributed by atoms with Crippen LogP contribution in [0.3, 0.4) is 0 Å². The predicted octanol–water partition coefficient (Wildman–Crippen LogP) is 0.821. The first-order valence-corrected chi connectivity index (χ1v) is 5.87. The van der Waals surface area contributed by atoms with Gasteiger partial charge in [-0.25, -0.2) is 4.98 Å². The lowest BCUT2D eigenvalue weighted by atomic mass is 10.2. The maximum Gasteiger partial charge on any atom is 0.240 e. The summed E-state index contributed by atoms with van der Waals surface area (Å²) < 4.78 is 2.12. The van der Waals surface area contributed by atoms with Crippen molar-refractivity contribution in [3.63, 3.8) is 0 Å². The van der Waals surface area contributed by atoms with Crippen molar-refractivity contribution in [2.45, 2.75) is 32.0 Å². The van der Waals surface area contributed by atoms with Crippen molar-refractivity contribution < 1.29 is 4.79 Å². The molecule has 2 aliphatic heterocycles. The molecule has 1 aromatic rings. The Bertz CT molecular complexity index is 404. The summed E-state index contributed by atoms with van der Waals surface area (Å²) in [6, 6.07) is 0.0431. The molecule has 0 spiro atoms. The van der Waals surface area contributed by atoms with Gasteiger partial charge in [0.1, 0.15) is 5.82 Å². The summed E-state index contributed by atoms with van der Waals surface area (Å²) in [5.74, 6) is 1.24. The quantitative estimate of drug-likeness (QED) is 0.834. The van der Waals surface area contributed by atoms with E-state index < -0.39 is 0 Å². The van der Waals surface area contributed by atoms with Crippen LogP contribution in [0.25, 0.3) is 0 Å². The molecule has 18 heavy (non-hydrogen) atoms. The molecule has 1 N–H and O–H groups in total. The molecule has 1 saturated heterocycles. The first kappa shape index (κ1) is 15.3. The number of carbonyl (C=O) groups is 1. The van der Waals surface area contributed by atoms with E-state index in [2.05, 4.69) is 14.9 Å². The molecular formula is C11H18Cl2N4O. The van der Waals surface area contributed by atoms with Gasteiger partial charge in [0.2, 0.25) is 5.91 Å². The average Bonchev–Trinajstić information content (AvgIpc) is 2.98. The van der Waals surface area contributed by atoms with Gasteiger partial charge in [-0.05, 0) is 19.4 Å². The highest BCUT2D eigenvalue weighted by Crippen LogP contribution is 2.14. The normalized spacial score (nSPS) is 21.8. The Morgan fingerprint density at radius 2 is 2.22 bits per heavy atom. The summed E-state index contributed by atoms with van der Waals surface area (Å²) in [7, 11) is 0. The van der Waals surface area contributed by atoms with Crippen LogP contribution in [0.2, 0.25) is 0 Å². The SMILES string of the molecule is Cl.Cl.O=C([C@@H]1CCCN1)N1CCn2ccnc2C1. The lowest BCUT2D eigenvalue weighted by molar-refractivity contribution is -0.134. The lowest BCUT2D eigenvalue weighted by Crippen LogP contribution is -2.46. The summed E-state index contributed by atoms with van der Waals surface area (Å²) in [6.45, 7) is 3.30. The summed E-state index contributed by atoms with van der Waals surface area (Å²) >= 11 is 0. The van der Waals surface area contributed by atoms with E-state index >= 15 is 0 Å². The minimum atomic E-state index is 0. The summed E-state index contributed by atoms with van der Waals surface area (Å²) in [5, 5.41) is 3.25. The van der Waals surface area contributed by atoms with E-state index in [0.29, 0.717) is 6.54 Å². The molecule has 1 atom stereocenters. The van der Waals surface area contributed by atoms with Gasteiger partial charge in [-0.15, -0.1) is 24.8 Å². The number of fused-ring (bicyclic) bond motifs is 1. The van der Waals surface area contributed by atoms with Gasteiger partial charge in [-0.3, -0.25) is 4.79 Å². The van der Waals surface area contributed by atoms with E-state index in [-0.39, 0.29) is 36.8 Å². The fraction of sp³-hybridized carbons (Fsp3) is 0.636. The molecule has 0 bridgehead atoms. The minimum Gasteiger partial charge on any atom is -0.332 e. The number of amides is 1. The minimum absolute atomic E-state index is 0. The van der Waals surface area contributed by atoms with Crippen molar-refractivity contribution in [1.82, 2.24) is 19.8 Å². The molecule has 5 nitrogen and oxygen atoms in total. The Kier molecular flexibility index (Phi) is 5.44. The third-order valence-electron chi connectivity index (χ3n) is 3.41. The first-order chi connectivity index (χ1) is 7.84. The second kappa shape index (κ2) is 6.41. The molecule has 7 heteroatoms. The number of halogens is 2. The molecule has 3 rings (SSSR count). The average molecular weight is 293 g/mol. The highest BCUT2D eigenvalue weighted by Gasteiger charge is 2.29. The third-order valence-corrected chi connectivity index (χ3v) is 3.41. The van der Waals surface area contributed by atoms with Crippen molar-refractivity contribution in [1.29, 1.82) is 0 Å². The van der Waals surface area contributed by atoms with E-state index in [9.17, 15) is 4.79 Å². The van der Waals surface area contributed by atoms with Crippen LogP contribution in [0.1, 0.15) is 18.7 Å². The zero-order valence-electron chi connectivity index (χ0n) is 10.0. The number of hydrogen-bond donors (Lipinski definition) is 1. The zero-order chi connectivity index (χ0) is 11.0. The zero-order valence-corrected chi connectivity index (χ0v) is 11.7. The monoisotopic (exact) mass is 292 g/mol. The topological polar surface area (TPSA) is 50.2 Å². The van der Waals surface area contributed by atoms with E-state index in [4.69, 9.17) is 0 Å². The Labute approximate surface area is 119 Å². The van der Waals surface area contributed by atoms with Crippen molar-refractivity contribution in [2.24, 2.45) is 0 Å². The van der Waals surface area contributed by atoms with Gasteiger partial charge < -0.3 is 14.8 Å². The van der Waals surface area contributed by atoms with Gasteiger partial charge >= 0.3 is 0 Å². The van der Waals surface area contributed by atoms with Crippen LogP contribution in [0, 0.1) is 0 Å². The molecule has 2 aliphatic rings. The molecule has 1 fully saturated rings. The highest BCUT2D eigenvalue weighted by molar-refractivity contribution is 5.85. The fourth-order valence-electron chi connectivity index (χ4n) is 2.48. The van der Waals surface area contributed by atoms with Gasteiger partial charge in [0, 0.05) is 25.5 Å². The van der Waals surface area contributed by atoms with Crippen LogP contribution in [0.15, 0.2) is 12.4 Å². The van der Waals surface area contributed by atoms with Crippen molar-refractivity contribution in [3.05, 3.63) is 18.2 Å². The lowest BCUT2D eigenvalue weighted by Gasteiger charge is -2.29. The number of aromatic nitrogens is 2. The Balaban J connectivity index is 0.000000810. The molecule has 1 aromatic heterocycles. The summed E-state index contributed by atoms with van der Waals surface area (Å²) in [5.41, 5.74) is 0. The maximum absolute atomic E-state index is 12.2. The van der Waals surface area contributed by atoms with E-state index in [1.54, 1.807) is 6.20 Å². The number of nitrogens with zero attached hydrogens (tertiary/aromatic N) is 3. The number of hydrogen-bond acceptors (Lipinski definition) is 3. The number of imidazole rings is 1. The van der Waals surface area contributed by atoms with Crippen LogP contribution >= 0.6 is 24.8 Å². The van der Waals surface area contributed by atoms with Gasteiger partial charge in [-0.2, -0.15) is 0 Å². The molecule has 0 saturated carbocycles. The molecule has 0 radical (unpaired) electrons. The molecule has 3 heterocycles. The second-order valence-electron chi connectivity index (χ2n) is 4.45. The van der Waals surface area contributed by atoms with Crippen molar-refractivity contribution in [3.8, 4) is 0 Å². The second-order valence-corrected chi connectivity index (χ2v) is 4.45. The van der Waals surface area contributed by atoms with Crippen molar-refractivity contribution >= 4 is 30.7 Å². The largest absolute Gasteiger partial charge is 0.332 e. The number of nitrogens with one attached hydrogen (secondary N) is 1. The van der Waals surface area contributed by atoms with Gasteiger partial charge in [-0.1, -0.05) is 0 Å². The van der Waals surface area contributed by atoms with E-state index in [0.717, 1.165) is 38.3 Å². The highest BCUT2D eigenvalue weighted by atomic mass is 35.5. The summed E-state index contributed by atoms with van der Waals surface area (Å²) in [6.07, 6.45) is 5.87. The van der Waals surface area contributed by atoms with E-state index in [1.807, 2.05) is 11.1 Å². The van der Waals surface area contributed by atoms with Crippen molar-refractivity contribution in [2.75, 3.05) is 13.1 Å². The van der Waals surface area contributed by atoms with E-state index in [1.165, 1.54) is 0 Å². The molecular weight excluding hydrogens is 275 g/mol. The molecule has 102 valence electrons. The first-order valence-electron chi connectivity index (χ1n) is 5.87. The number of rotatable bonds is 1. The Morgan fingerprint density at radius 3 is 2.94 bits per heavy atom. The molecule has 0 aromatic carbocycles. The Morgan fingerprint density at radius 1 is 1.39 bits per heavy atom. The van der Waals surface area contributed by atoms with Crippen LogP contribution in [-0.2, 0) is 17.9 Å². The Hall–Kier alpha value is -0.780. The third kappa shape index (κ3) is 2.79. The van der Waals surface area contributed by atoms with Gasteiger partial charge in [0.25, 0.3) is 0 Å². The molecule has 0 aliphatic carbocycles. The summed E-state index contributed by atoms with van der Waals surface area (Å²) in [4.78, 5) is 18.3. The standard InChI is InChI=1S/C11H16N4O.2ClH/c16-11(9-2-1-3-12-9)15-7-6-14-5-4-13-10(14)8-15;;/h4-5,9,12H,1-3,6-8H2;2*1H/t9-;;/m0../s1. The van der Waals surface area contributed by atoms with Crippen LogP contribution in [0.5, 0.6) is 0 Å². The number of carbonyl (C=O) groups excluding carboxylic acids is 1. The van der Waals surface area contributed by atoms with Crippen LogP contribution in [0.4, 0.5) is 0 Å².